The quantitative estimate of drug-likeness (QED) is 0.632. The number of carbonyl (C=O) groups is 2. The molecule has 2 aliphatic rings. The molecule has 30 heavy (non-hydrogen) atoms. The molecule has 6 nitrogen and oxygen atoms in total. The van der Waals surface area contributed by atoms with Crippen molar-refractivity contribution in [1.29, 1.82) is 0 Å². The van der Waals surface area contributed by atoms with Gasteiger partial charge in [0.2, 0.25) is 0 Å². The number of benzene rings is 1. The third-order valence-corrected chi connectivity index (χ3v) is 6.09. The van der Waals surface area contributed by atoms with Gasteiger partial charge in [-0.05, 0) is 62.8 Å². The molecular formula is C24H36N2O4. The Balaban J connectivity index is 1.54. The normalized spacial score (nSPS) is 19.0. The molecule has 1 aromatic carbocycles. The first-order valence-corrected chi connectivity index (χ1v) is 11.6. The van der Waals surface area contributed by atoms with Crippen LogP contribution in [-0.2, 0) is 14.3 Å². The molecule has 166 valence electrons. The summed E-state index contributed by atoms with van der Waals surface area (Å²) in [5.74, 6) is 0.618. The number of piperidine rings is 1. The zero-order chi connectivity index (χ0) is 21.2. The molecule has 0 unspecified atom stereocenters. The van der Waals surface area contributed by atoms with Crippen molar-refractivity contribution in [3.05, 3.63) is 24.3 Å². The summed E-state index contributed by atoms with van der Waals surface area (Å²) >= 11 is 0. The molecule has 1 N–H and O–H groups in total. The van der Waals surface area contributed by atoms with E-state index in [-0.39, 0.29) is 18.4 Å². The van der Waals surface area contributed by atoms with Gasteiger partial charge in [0, 0.05) is 25.4 Å². The number of nitrogens with zero attached hydrogens (tertiary/aromatic N) is 1. The average molecular weight is 417 g/mol. The van der Waals surface area contributed by atoms with E-state index in [4.69, 9.17) is 9.47 Å². The number of amides is 2. The van der Waals surface area contributed by atoms with E-state index in [2.05, 4.69) is 12.2 Å². The summed E-state index contributed by atoms with van der Waals surface area (Å²) in [6.45, 7) is 4.38. The Morgan fingerprint density at radius 3 is 2.23 bits per heavy atom. The Hall–Kier alpha value is -2.08. The first-order valence-electron chi connectivity index (χ1n) is 11.6. The molecule has 1 aliphatic carbocycles. The number of ether oxygens (including phenoxy) is 2. The fraction of sp³-hybridized carbons (Fsp3) is 0.667. The maximum absolute atomic E-state index is 13.1. The number of anilines is 1. The number of hydrogen-bond donors (Lipinski definition) is 1. The second-order valence-electron chi connectivity index (χ2n) is 8.47. The Labute approximate surface area is 180 Å². The van der Waals surface area contributed by atoms with E-state index in [0.29, 0.717) is 12.4 Å². The first-order chi connectivity index (χ1) is 14.6. The van der Waals surface area contributed by atoms with Crippen molar-refractivity contribution < 1.29 is 19.1 Å². The number of nitrogens with one attached hydrogen (secondary N) is 1. The van der Waals surface area contributed by atoms with E-state index in [1.165, 1.54) is 6.42 Å². The van der Waals surface area contributed by atoms with Gasteiger partial charge in [0.15, 0.2) is 6.61 Å². The lowest BCUT2D eigenvalue weighted by atomic mass is 9.92. The second kappa shape index (κ2) is 11.3. The van der Waals surface area contributed by atoms with Crippen molar-refractivity contribution in [2.24, 2.45) is 0 Å². The van der Waals surface area contributed by atoms with Crippen LogP contribution in [0.15, 0.2) is 24.3 Å². The summed E-state index contributed by atoms with van der Waals surface area (Å²) in [7, 11) is 0. The van der Waals surface area contributed by atoms with Gasteiger partial charge in [-0.2, -0.15) is 0 Å². The second-order valence-corrected chi connectivity index (χ2v) is 8.47. The lowest BCUT2D eigenvalue weighted by Crippen LogP contribution is -2.45. The van der Waals surface area contributed by atoms with E-state index >= 15 is 0 Å². The van der Waals surface area contributed by atoms with Crippen LogP contribution in [0.1, 0.15) is 71.1 Å². The van der Waals surface area contributed by atoms with Crippen LogP contribution in [0.5, 0.6) is 5.75 Å². The number of rotatable bonds is 8. The van der Waals surface area contributed by atoms with Crippen molar-refractivity contribution in [3.63, 3.8) is 0 Å². The zero-order valence-corrected chi connectivity index (χ0v) is 18.3. The Morgan fingerprint density at radius 2 is 1.60 bits per heavy atom. The van der Waals surface area contributed by atoms with Crippen molar-refractivity contribution in [3.8, 4) is 5.75 Å². The minimum Gasteiger partial charge on any atom is -0.484 e. The molecule has 1 heterocycles. The van der Waals surface area contributed by atoms with Crippen molar-refractivity contribution in [1.82, 2.24) is 4.90 Å². The van der Waals surface area contributed by atoms with Gasteiger partial charge in [-0.3, -0.25) is 9.59 Å². The molecule has 0 bridgehead atoms. The first kappa shape index (κ1) is 22.6. The Bertz CT molecular complexity index is 675. The van der Waals surface area contributed by atoms with E-state index < -0.39 is 5.60 Å². The molecule has 3 rings (SSSR count). The summed E-state index contributed by atoms with van der Waals surface area (Å²) < 4.78 is 11.8. The van der Waals surface area contributed by atoms with Crippen molar-refractivity contribution >= 4 is 17.5 Å². The minimum atomic E-state index is -0.720. The van der Waals surface area contributed by atoms with Gasteiger partial charge in [-0.1, -0.05) is 32.6 Å². The SMILES string of the molecule is CCCOC1(C(=O)Nc2ccc(OCC(=O)N3CCCCC3)cc2)CCCCCC1. The van der Waals surface area contributed by atoms with Gasteiger partial charge in [-0.25, -0.2) is 0 Å². The fourth-order valence-corrected chi connectivity index (χ4v) is 4.29. The highest BCUT2D eigenvalue weighted by molar-refractivity contribution is 5.97. The maximum Gasteiger partial charge on any atom is 0.260 e. The van der Waals surface area contributed by atoms with Gasteiger partial charge in [0.25, 0.3) is 11.8 Å². The van der Waals surface area contributed by atoms with Gasteiger partial charge < -0.3 is 19.7 Å². The van der Waals surface area contributed by atoms with E-state index in [0.717, 1.165) is 76.6 Å². The maximum atomic E-state index is 13.1. The molecule has 0 aromatic heterocycles. The smallest absolute Gasteiger partial charge is 0.260 e. The summed E-state index contributed by atoms with van der Waals surface area (Å²) in [5, 5.41) is 3.04. The molecule has 0 radical (unpaired) electrons. The molecule has 2 fully saturated rings. The molecule has 0 spiro atoms. The summed E-state index contributed by atoms with van der Waals surface area (Å²) in [4.78, 5) is 27.2. The van der Waals surface area contributed by atoms with Crippen LogP contribution in [0.3, 0.4) is 0 Å². The summed E-state index contributed by atoms with van der Waals surface area (Å²) in [6, 6.07) is 7.24. The zero-order valence-electron chi connectivity index (χ0n) is 18.3. The van der Waals surface area contributed by atoms with Crippen LogP contribution >= 0.6 is 0 Å². The summed E-state index contributed by atoms with van der Waals surface area (Å²) in [5.41, 5.74) is 0.00107. The highest BCUT2D eigenvalue weighted by Crippen LogP contribution is 2.32. The number of likely N-dealkylation sites (tertiary alicyclic amines) is 1. The highest BCUT2D eigenvalue weighted by Gasteiger charge is 2.39. The lowest BCUT2D eigenvalue weighted by molar-refractivity contribution is -0.143. The molecule has 1 aromatic rings. The van der Waals surface area contributed by atoms with Crippen molar-refractivity contribution in [2.45, 2.75) is 76.7 Å². The Kier molecular flexibility index (Phi) is 8.55. The van der Waals surface area contributed by atoms with E-state index in [1.54, 1.807) is 12.1 Å². The van der Waals surface area contributed by atoms with Gasteiger partial charge >= 0.3 is 0 Å². The van der Waals surface area contributed by atoms with Crippen LogP contribution in [0.25, 0.3) is 0 Å². The van der Waals surface area contributed by atoms with Gasteiger partial charge in [-0.15, -0.1) is 0 Å². The van der Waals surface area contributed by atoms with Crippen molar-refractivity contribution in [2.75, 3.05) is 31.6 Å². The monoisotopic (exact) mass is 416 g/mol. The van der Waals surface area contributed by atoms with E-state index in [1.807, 2.05) is 17.0 Å². The molecular weight excluding hydrogens is 380 g/mol. The average Bonchev–Trinajstić information content (AvgIpc) is 3.04. The fourth-order valence-electron chi connectivity index (χ4n) is 4.29. The number of hydrogen-bond acceptors (Lipinski definition) is 4. The van der Waals surface area contributed by atoms with Gasteiger partial charge in [0.05, 0.1) is 0 Å². The van der Waals surface area contributed by atoms with Crippen LogP contribution in [-0.4, -0.2) is 48.6 Å². The molecule has 2 amide bonds. The Morgan fingerprint density at radius 1 is 0.967 bits per heavy atom. The van der Waals surface area contributed by atoms with Crippen LogP contribution in [0, 0.1) is 0 Å². The largest absolute Gasteiger partial charge is 0.484 e. The number of carbonyl (C=O) groups excluding carboxylic acids is 2. The third-order valence-electron chi connectivity index (χ3n) is 6.09. The highest BCUT2D eigenvalue weighted by atomic mass is 16.5. The predicted octanol–water partition coefficient (Wildman–Crippen LogP) is 4.54. The topological polar surface area (TPSA) is 67.9 Å². The van der Waals surface area contributed by atoms with Gasteiger partial charge in [0.1, 0.15) is 11.4 Å². The molecule has 1 saturated carbocycles. The van der Waals surface area contributed by atoms with Crippen LogP contribution < -0.4 is 10.1 Å². The molecule has 1 saturated heterocycles. The van der Waals surface area contributed by atoms with E-state index in [9.17, 15) is 9.59 Å². The molecule has 6 heteroatoms. The van der Waals surface area contributed by atoms with Crippen LogP contribution in [0.2, 0.25) is 0 Å². The summed E-state index contributed by atoms with van der Waals surface area (Å²) in [6.07, 6.45) is 10.2. The molecule has 1 aliphatic heterocycles. The standard InChI is InChI=1S/C24H36N2O4/c1-2-18-30-24(14-6-3-4-7-15-24)23(28)25-20-10-12-21(13-11-20)29-19-22(27)26-16-8-5-9-17-26/h10-13H,2-9,14-19H2,1H3,(H,25,28). The van der Waals surface area contributed by atoms with Crippen LogP contribution in [0.4, 0.5) is 5.69 Å². The predicted molar refractivity (Wildman–Crippen MR) is 118 cm³/mol. The minimum absolute atomic E-state index is 0.0375. The third kappa shape index (κ3) is 6.21. The molecule has 0 atom stereocenters. The lowest BCUT2D eigenvalue weighted by Gasteiger charge is -2.31.